The number of rotatable bonds is 3. The van der Waals surface area contributed by atoms with Crippen molar-refractivity contribution in [1.29, 1.82) is 0 Å². The van der Waals surface area contributed by atoms with E-state index in [9.17, 15) is 9.59 Å². The average molecular weight is 436 g/mol. The second-order valence-electron chi connectivity index (χ2n) is 7.31. The van der Waals surface area contributed by atoms with Crippen LogP contribution in [0, 0.1) is 12.8 Å². The molecule has 28 heavy (non-hydrogen) atoms. The fourth-order valence-electron chi connectivity index (χ4n) is 3.58. The smallest absolute Gasteiger partial charge is 0.262 e. The quantitative estimate of drug-likeness (QED) is 0.639. The summed E-state index contributed by atoms with van der Waals surface area (Å²) in [6.45, 7) is 3.91. The van der Waals surface area contributed by atoms with Gasteiger partial charge in [-0.15, -0.1) is 11.3 Å². The summed E-state index contributed by atoms with van der Waals surface area (Å²) in [5, 5.41) is 4.12. The van der Waals surface area contributed by atoms with E-state index < -0.39 is 0 Å². The van der Waals surface area contributed by atoms with E-state index in [1.807, 2.05) is 6.92 Å². The van der Waals surface area contributed by atoms with E-state index >= 15 is 0 Å². The standard InChI is InChI=1S/C20H19Cl2N3O2S/c1-10-3-5-12-14(7-10)28-19-16(12)20(27)25(9-23-19)8-15(26)24-18-13(21)6-4-11(2)17(18)22/h4,6,9-10H,3,5,7-8H2,1-2H3,(H,24,26). The molecular weight excluding hydrogens is 417 g/mol. The van der Waals surface area contributed by atoms with Crippen molar-refractivity contribution in [3.63, 3.8) is 0 Å². The molecule has 1 aliphatic carbocycles. The molecule has 1 unspecified atom stereocenters. The second-order valence-corrected chi connectivity index (χ2v) is 9.18. The van der Waals surface area contributed by atoms with Crippen LogP contribution in [0.15, 0.2) is 23.3 Å². The van der Waals surface area contributed by atoms with Crippen LogP contribution in [0.5, 0.6) is 0 Å². The zero-order valence-corrected chi connectivity index (χ0v) is 17.8. The molecule has 1 amide bonds. The highest BCUT2D eigenvalue weighted by molar-refractivity contribution is 7.18. The molecule has 1 aliphatic rings. The van der Waals surface area contributed by atoms with E-state index in [4.69, 9.17) is 23.2 Å². The summed E-state index contributed by atoms with van der Waals surface area (Å²) >= 11 is 14.0. The summed E-state index contributed by atoms with van der Waals surface area (Å²) in [4.78, 5) is 32.0. The molecule has 8 heteroatoms. The first-order valence-corrected chi connectivity index (χ1v) is 10.7. The fourth-order valence-corrected chi connectivity index (χ4v) is 5.39. The molecular formula is C20H19Cl2N3O2S. The van der Waals surface area contributed by atoms with E-state index in [0.717, 1.165) is 35.2 Å². The molecule has 1 atom stereocenters. The highest BCUT2D eigenvalue weighted by Gasteiger charge is 2.23. The first-order valence-electron chi connectivity index (χ1n) is 9.09. The number of thiophene rings is 1. The number of aryl methyl sites for hydroxylation is 2. The van der Waals surface area contributed by atoms with Crippen molar-refractivity contribution in [1.82, 2.24) is 9.55 Å². The van der Waals surface area contributed by atoms with Crippen LogP contribution in [0.25, 0.3) is 10.2 Å². The molecule has 1 N–H and O–H groups in total. The first kappa shape index (κ1) is 19.4. The first-order chi connectivity index (χ1) is 13.3. The van der Waals surface area contributed by atoms with Gasteiger partial charge in [-0.3, -0.25) is 14.2 Å². The normalized spacial score (nSPS) is 16.2. The van der Waals surface area contributed by atoms with Gasteiger partial charge in [-0.1, -0.05) is 36.2 Å². The minimum absolute atomic E-state index is 0.149. The molecule has 5 nitrogen and oxygen atoms in total. The molecule has 2 aromatic heterocycles. The number of benzene rings is 1. The minimum atomic E-state index is -0.379. The SMILES string of the molecule is Cc1ccc(Cl)c(NC(=O)Cn2cnc3sc4c(c3c2=O)CCC(C)C4)c1Cl. The minimum Gasteiger partial charge on any atom is -0.322 e. The third-order valence-corrected chi connectivity index (χ3v) is 7.11. The number of fused-ring (bicyclic) bond motifs is 3. The lowest BCUT2D eigenvalue weighted by Crippen LogP contribution is -2.28. The van der Waals surface area contributed by atoms with Crippen LogP contribution in [-0.2, 0) is 24.2 Å². The maximum atomic E-state index is 13.0. The molecule has 1 aromatic carbocycles. The van der Waals surface area contributed by atoms with Gasteiger partial charge < -0.3 is 5.32 Å². The Kier molecular flexibility index (Phi) is 5.21. The number of nitrogens with zero attached hydrogens (tertiary/aromatic N) is 2. The summed E-state index contributed by atoms with van der Waals surface area (Å²) in [5.41, 5.74) is 2.10. The van der Waals surface area contributed by atoms with Crippen molar-refractivity contribution in [3.05, 3.63) is 54.9 Å². The Hall–Kier alpha value is -1.89. The largest absolute Gasteiger partial charge is 0.322 e. The maximum Gasteiger partial charge on any atom is 0.262 e. The Bertz CT molecular complexity index is 1150. The average Bonchev–Trinajstić information content (AvgIpc) is 3.02. The monoisotopic (exact) mass is 435 g/mol. The van der Waals surface area contributed by atoms with Crippen molar-refractivity contribution < 1.29 is 4.79 Å². The predicted octanol–water partition coefficient (Wildman–Crippen LogP) is 4.84. The summed E-state index contributed by atoms with van der Waals surface area (Å²) < 4.78 is 1.35. The maximum absolute atomic E-state index is 13.0. The van der Waals surface area contributed by atoms with Gasteiger partial charge in [-0.25, -0.2) is 4.98 Å². The van der Waals surface area contributed by atoms with Crippen LogP contribution in [0.2, 0.25) is 10.0 Å². The Morgan fingerprint density at radius 1 is 1.39 bits per heavy atom. The van der Waals surface area contributed by atoms with Crippen LogP contribution in [0.1, 0.15) is 29.3 Å². The van der Waals surface area contributed by atoms with E-state index in [1.54, 1.807) is 23.5 Å². The van der Waals surface area contributed by atoms with E-state index in [-0.39, 0.29) is 18.0 Å². The van der Waals surface area contributed by atoms with Crippen molar-refractivity contribution in [3.8, 4) is 0 Å². The lowest BCUT2D eigenvalue weighted by molar-refractivity contribution is -0.116. The Morgan fingerprint density at radius 2 is 2.18 bits per heavy atom. The van der Waals surface area contributed by atoms with Crippen LogP contribution in [0.3, 0.4) is 0 Å². The number of anilines is 1. The molecule has 0 radical (unpaired) electrons. The molecule has 0 saturated carbocycles. The molecule has 3 aromatic rings. The van der Waals surface area contributed by atoms with Crippen LogP contribution in [-0.4, -0.2) is 15.5 Å². The zero-order chi connectivity index (χ0) is 20.0. The van der Waals surface area contributed by atoms with Crippen LogP contribution >= 0.6 is 34.5 Å². The lowest BCUT2D eigenvalue weighted by Gasteiger charge is -2.17. The number of halogens is 2. The van der Waals surface area contributed by atoms with Gasteiger partial charge in [0.25, 0.3) is 5.56 Å². The van der Waals surface area contributed by atoms with Crippen LogP contribution < -0.4 is 10.9 Å². The summed E-state index contributed by atoms with van der Waals surface area (Å²) in [5.74, 6) is 0.243. The molecule has 2 heterocycles. The number of carbonyl (C=O) groups excluding carboxylic acids is 1. The second kappa shape index (κ2) is 7.50. The predicted molar refractivity (Wildman–Crippen MR) is 115 cm³/mol. The molecule has 146 valence electrons. The Morgan fingerprint density at radius 3 is 2.96 bits per heavy atom. The van der Waals surface area contributed by atoms with Gasteiger partial charge in [0.05, 0.1) is 27.4 Å². The van der Waals surface area contributed by atoms with Crippen molar-refractivity contribution in [2.24, 2.45) is 5.92 Å². The van der Waals surface area contributed by atoms with Crippen molar-refractivity contribution in [2.75, 3.05) is 5.32 Å². The van der Waals surface area contributed by atoms with Gasteiger partial charge in [0.2, 0.25) is 5.91 Å². The fraction of sp³-hybridized carbons (Fsp3) is 0.350. The van der Waals surface area contributed by atoms with Gasteiger partial charge >= 0.3 is 0 Å². The summed E-state index contributed by atoms with van der Waals surface area (Å²) in [6.07, 6.45) is 4.38. The molecule has 0 spiro atoms. The van der Waals surface area contributed by atoms with Crippen molar-refractivity contribution in [2.45, 2.75) is 39.7 Å². The summed E-state index contributed by atoms with van der Waals surface area (Å²) in [7, 11) is 0. The van der Waals surface area contributed by atoms with Gasteiger partial charge in [0, 0.05) is 4.88 Å². The zero-order valence-electron chi connectivity index (χ0n) is 15.5. The van der Waals surface area contributed by atoms with Gasteiger partial charge in [0.15, 0.2) is 0 Å². The highest BCUT2D eigenvalue weighted by atomic mass is 35.5. The number of hydrogen-bond donors (Lipinski definition) is 1. The number of amides is 1. The van der Waals surface area contributed by atoms with Gasteiger partial charge in [0.1, 0.15) is 11.4 Å². The van der Waals surface area contributed by atoms with E-state index in [0.29, 0.717) is 27.0 Å². The molecule has 0 fully saturated rings. The van der Waals surface area contributed by atoms with Crippen LogP contribution in [0.4, 0.5) is 5.69 Å². The molecule has 0 aliphatic heterocycles. The number of nitrogens with one attached hydrogen (secondary N) is 1. The van der Waals surface area contributed by atoms with Crippen molar-refractivity contribution >= 4 is 56.3 Å². The third-order valence-electron chi connectivity index (χ3n) is 5.14. The highest BCUT2D eigenvalue weighted by Crippen LogP contribution is 2.35. The molecule has 0 saturated heterocycles. The third kappa shape index (κ3) is 3.45. The van der Waals surface area contributed by atoms with E-state index in [2.05, 4.69) is 17.2 Å². The van der Waals surface area contributed by atoms with Gasteiger partial charge in [-0.2, -0.15) is 0 Å². The van der Waals surface area contributed by atoms with E-state index in [1.165, 1.54) is 15.8 Å². The number of hydrogen-bond acceptors (Lipinski definition) is 4. The molecule has 4 rings (SSSR count). The lowest BCUT2D eigenvalue weighted by atomic mass is 9.89. The van der Waals surface area contributed by atoms with Gasteiger partial charge in [-0.05, 0) is 49.3 Å². The summed E-state index contributed by atoms with van der Waals surface area (Å²) in [6, 6.07) is 3.46. The Labute approximate surface area is 176 Å². The number of carbonyl (C=O) groups is 1. The topological polar surface area (TPSA) is 64.0 Å². The Balaban J connectivity index is 1.64. The molecule has 0 bridgehead atoms. The number of aromatic nitrogens is 2.